The average molecular weight is 397 g/mol. The van der Waals surface area contributed by atoms with Crippen molar-refractivity contribution in [2.24, 2.45) is 5.92 Å². The fourth-order valence-electron chi connectivity index (χ4n) is 3.49. The van der Waals surface area contributed by atoms with Crippen molar-refractivity contribution in [2.45, 2.75) is 43.8 Å². The standard InChI is InChI=1S/C18H21F2N3O3S/c19-15-5-6-16(20)14(9-15)11-27(24,25)23-7-1-2-12(10-23)8-17-21-18(22-26-17)13-3-4-13/h5-6,9,12-13H,1-4,7-8,10-11H2. The Bertz CT molecular complexity index is 928. The predicted molar refractivity (Wildman–Crippen MR) is 93.3 cm³/mol. The Hall–Kier alpha value is -1.87. The Morgan fingerprint density at radius 1 is 1.22 bits per heavy atom. The summed E-state index contributed by atoms with van der Waals surface area (Å²) in [6.45, 7) is 0.702. The molecule has 1 aliphatic carbocycles. The monoisotopic (exact) mass is 397 g/mol. The molecule has 1 saturated carbocycles. The lowest BCUT2D eigenvalue weighted by atomic mass is 9.96. The summed E-state index contributed by atoms with van der Waals surface area (Å²) >= 11 is 0. The highest BCUT2D eigenvalue weighted by Crippen LogP contribution is 2.38. The number of benzene rings is 1. The van der Waals surface area contributed by atoms with Gasteiger partial charge in [-0.1, -0.05) is 5.16 Å². The molecular formula is C18H21F2N3O3S. The first-order chi connectivity index (χ1) is 12.9. The van der Waals surface area contributed by atoms with Gasteiger partial charge in [0.15, 0.2) is 5.82 Å². The van der Waals surface area contributed by atoms with Gasteiger partial charge in [0, 0.05) is 31.0 Å². The van der Waals surface area contributed by atoms with Crippen molar-refractivity contribution in [3.63, 3.8) is 0 Å². The second kappa shape index (κ2) is 7.27. The van der Waals surface area contributed by atoms with Crippen LogP contribution in [0.1, 0.15) is 48.9 Å². The number of rotatable bonds is 6. The minimum atomic E-state index is -3.74. The summed E-state index contributed by atoms with van der Waals surface area (Å²) < 4.78 is 59.2. The summed E-state index contributed by atoms with van der Waals surface area (Å²) in [5.74, 6) is -0.155. The van der Waals surface area contributed by atoms with E-state index in [0.29, 0.717) is 37.7 Å². The fraction of sp³-hybridized carbons (Fsp3) is 0.556. The first-order valence-corrected chi connectivity index (χ1v) is 10.8. The number of aromatic nitrogens is 2. The van der Waals surface area contributed by atoms with E-state index in [1.54, 1.807) is 0 Å². The molecule has 0 spiro atoms. The van der Waals surface area contributed by atoms with E-state index < -0.39 is 27.4 Å². The van der Waals surface area contributed by atoms with Crippen LogP contribution in [0.25, 0.3) is 0 Å². The van der Waals surface area contributed by atoms with Crippen LogP contribution in [0.3, 0.4) is 0 Å². The molecule has 2 aliphatic rings. The van der Waals surface area contributed by atoms with Gasteiger partial charge in [-0.15, -0.1) is 0 Å². The van der Waals surface area contributed by atoms with E-state index in [2.05, 4.69) is 10.1 Å². The highest BCUT2D eigenvalue weighted by Gasteiger charge is 2.32. The van der Waals surface area contributed by atoms with Gasteiger partial charge in [0.05, 0.1) is 5.75 Å². The quantitative estimate of drug-likeness (QED) is 0.749. The van der Waals surface area contributed by atoms with Gasteiger partial charge in [0.25, 0.3) is 0 Å². The molecule has 1 saturated heterocycles. The van der Waals surface area contributed by atoms with Gasteiger partial charge in [-0.05, 0) is 49.8 Å². The highest BCUT2D eigenvalue weighted by atomic mass is 32.2. The molecule has 4 rings (SSSR count). The van der Waals surface area contributed by atoms with Crippen LogP contribution < -0.4 is 0 Å². The summed E-state index contributed by atoms with van der Waals surface area (Å²) in [7, 11) is -3.74. The van der Waals surface area contributed by atoms with E-state index in [9.17, 15) is 17.2 Å². The van der Waals surface area contributed by atoms with Crippen LogP contribution in [0.2, 0.25) is 0 Å². The molecule has 27 heavy (non-hydrogen) atoms. The number of hydrogen-bond donors (Lipinski definition) is 0. The van der Waals surface area contributed by atoms with Crippen molar-refractivity contribution < 1.29 is 21.7 Å². The van der Waals surface area contributed by atoms with E-state index in [-0.39, 0.29) is 11.5 Å². The van der Waals surface area contributed by atoms with Crippen LogP contribution in [-0.2, 0) is 22.2 Å². The predicted octanol–water partition coefficient (Wildman–Crippen LogP) is 3.01. The van der Waals surface area contributed by atoms with Crippen LogP contribution in [0.5, 0.6) is 0 Å². The van der Waals surface area contributed by atoms with Crippen molar-refractivity contribution in [1.29, 1.82) is 0 Å². The molecule has 0 bridgehead atoms. The van der Waals surface area contributed by atoms with Crippen LogP contribution in [-0.4, -0.2) is 36.0 Å². The zero-order chi connectivity index (χ0) is 19.0. The Labute approximate surface area is 156 Å². The molecule has 0 radical (unpaired) electrons. The van der Waals surface area contributed by atoms with E-state index in [1.807, 2.05) is 0 Å². The zero-order valence-electron chi connectivity index (χ0n) is 14.8. The van der Waals surface area contributed by atoms with Gasteiger partial charge < -0.3 is 4.52 Å². The number of piperidine rings is 1. The Balaban J connectivity index is 1.42. The van der Waals surface area contributed by atoms with Gasteiger partial charge in [-0.25, -0.2) is 21.5 Å². The van der Waals surface area contributed by atoms with Gasteiger partial charge >= 0.3 is 0 Å². The Morgan fingerprint density at radius 3 is 2.81 bits per heavy atom. The van der Waals surface area contributed by atoms with Gasteiger partial charge in [0.1, 0.15) is 11.6 Å². The lowest BCUT2D eigenvalue weighted by Gasteiger charge is -2.31. The summed E-state index contributed by atoms with van der Waals surface area (Å²) in [5.41, 5.74) is -0.150. The molecule has 9 heteroatoms. The molecule has 1 aromatic heterocycles. The van der Waals surface area contributed by atoms with Gasteiger partial charge in [-0.2, -0.15) is 4.98 Å². The van der Waals surface area contributed by atoms with Crippen molar-refractivity contribution in [2.75, 3.05) is 13.1 Å². The molecule has 1 atom stereocenters. The van der Waals surface area contributed by atoms with Gasteiger partial charge in [0.2, 0.25) is 15.9 Å². The third kappa shape index (κ3) is 4.35. The lowest BCUT2D eigenvalue weighted by Crippen LogP contribution is -2.41. The van der Waals surface area contributed by atoms with Crippen molar-refractivity contribution in [3.8, 4) is 0 Å². The average Bonchev–Trinajstić information content (AvgIpc) is 3.38. The number of hydrogen-bond acceptors (Lipinski definition) is 5. The first-order valence-electron chi connectivity index (χ1n) is 9.15. The SMILES string of the molecule is O=S(=O)(Cc1cc(F)ccc1F)N1CCCC(Cc2nc(C3CC3)no2)C1. The third-order valence-corrected chi connectivity index (χ3v) is 6.90. The van der Waals surface area contributed by atoms with E-state index in [0.717, 1.165) is 43.3 Å². The highest BCUT2D eigenvalue weighted by molar-refractivity contribution is 7.88. The summed E-state index contributed by atoms with van der Waals surface area (Å²) in [4.78, 5) is 4.41. The number of halogens is 2. The van der Waals surface area contributed by atoms with Crippen LogP contribution in [0.15, 0.2) is 22.7 Å². The second-order valence-electron chi connectivity index (χ2n) is 7.38. The minimum Gasteiger partial charge on any atom is -0.339 e. The van der Waals surface area contributed by atoms with Crippen LogP contribution in [0.4, 0.5) is 8.78 Å². The first kappa shape index (κ1) is 18.5. The Morgan fingerprint density at radius 2 is 2.04 bits per heavy atom. The van der Waals surface area contributed by atoms with Crippen LogP contribution >= 0.6 is 0 Å². The lowest BCUT2D eigenvalue weighted by molar-refractivity contribution is 0.246. The van der Waals surface area contributed by atoms with Gasteiger partial charge in [-0.3, -0.25) is 0 Å². The third-order valence-electron chi connectivity index (χ3n) is 5.11. The van der Waals surface area contributed by atoms with E-state index in [4.69, 9.17) is 4.52 Å². The maximum Gasteiger partial charge on any atom is 0.226 e. The van der Waals surface area contributed by atoms with Crippen LogP contribution in [0, 0.1) is 17.6 Å². The molecule has 0 N–H and O–H groups in total. The molecular weight excluding hydrogens is 376 g/mol. The molecule has 1 unspecified atom stereocenters. The smallest absolute Gasteiger partial charge is 0.226 e. The normalized spacial score (nSPS) is 21.5. The van der Waals surface area contributed by atoms with Crippen molar-refractivity contribution in [1.82, 2.24) is 14.4 Å². The summed E-state index contributed by atoms with van der Waals surface area (Å²) in [6.07, 6.45) is 4.27. The number of sulfonamides is 1. The summed E-state index contributed by atoms with van der Waals surface area (Å²) in [6, 6.07) is 2.86. The fourth-order valence-corrected chi connectivity index (χ4v) is 5.14. The molecule has 146 valence electrons. The Kier molecular flexibility index (Phi) is 4.98. The summed E-state index contributed by atoms with van der Waals surface area (Å²) in [5, 5.41) is 3.99. The van der Waals surface area contributed by atoms with E-state index >= 15 is 0 Å². The second-order valence-corrected chi connectivity index (χ2v) is 9.35. The maximum atomic E-state index is 13.8. The molecule has 1 aromatic carbocycles. The zero-order valence-corrected chi connectivity index (χ0v) is 15.6. The van der Waals surface area contributed by atoms with Crippen molar-refractivity contribution >= 4 is 10.0 Å². The largest absolute Gasteiger partial charge is 0.339 e. The molecule has 2 fully saturated rings. The maximum absolute atomic E-state index is 13.8. The molecule has 6 nitrogen and oxygen atoms in total. The van der Waals surface area contributed by atoms with E-state index in [1.165, 1.54) is 4.31 Å². The minimum absolute atomic E-state index is 0.0679. The molecule has 2 aromatic rings. The number of nitrogens with zero attached hydrogens (tertiary/aromatic N) is 3. The molecule has 1 aliphatic heterocycles. The molecule has 0 amide bonds. The molecule has 2 heterocycles. The van der Waals surface area contributed by atoms with Crippen molar-refractivity contribution in [3.05, 3.63) is 47.1 Å². The topological polar surface area (TPSA) is 76.3 Å².